The highest BCUT2D eigenvalue weighted by atomic mass is 35.5. The number of hydrogen-bond donors (Lipinski definition) is 2. The summed E-state index contributed by atoms with van der Waals surface area (Å²) in [5.41, 5.74) is 2.35. The molecule has 0 unspecified atom stereocenters. The summed E-state index contributed by atoms with van der Waals surface area (Å²) < 4.78 is 0. The van der Waals surface area contributed by atoms with Crippen LogP contribution in [0.4, 0.5) is 0 Å². The molecule has 0 aromatic rings. The van der Waals surface area contributed by atoms with Crippen LogP contribution in [-0.2, 0) is 4.79 Å². The lowest BCUT2D eigenvalue weighted by molar-refractivity contribution is -0.138. The third-order valence-electron chi connectivity index (χ3n) is 1.24. The smallest absolute Gasteiger partial charge is 0.320 e. The van der Waals surface area contributed by atoms with E-state index in [2.05, 4.69) is 5.32 Å². The minimum atomic E-state index is -0.854. The van der Waals surface area contributed by atoms with Gasteiger partial charge in [-0.2, -0.15) is 0 Å². The van der Waals surface area contributed by atoms with Crippen molar-refractivity contribution in [3.05, 3.63) is 11.1 Å². The maximum absolute atomic E-state index is 10.3. The van der Waals surface area contributed by atoms with Crippen LogP contribution in [0.15, 0.2) is 11.1 Å². The van der Waals surface area contributed by atoms with E-state index in [0.29, 0.717) is 6.54 Å². The van der Waals surface area contributed by atoms with E-state index in [-0.39, 0.29) is 0 Å². The molecule has 0 saturated heterocycles. The average molecular weight is 178 g/mol. The van der Waals surface area contributed by atoms with Gasteiger partial charge in [0.25, 0.3) is 0 Å². The van der Waals surface area contributed by atoms with E-state index in [1.54, 1.807) is 6.92 Å². The number of carboxylic acid groups (broad SMARTS) is 1. The predicted octanol–water partition coefficient (Wildman–Crippen LogP) is 1.19. The molecule has 0 heterocycles. The molecule has 2 N–H and O–H groups in total. The number of hydrogen-bond acceptors (Lipinski definition) is 2. The zero-order valence-electron chi connectivity index (χ0n) is 6.60. The number of rotatable bonds is 4. The molecule has 0 aromatic heterocycles. The molecule has 0 aliphatic carbocycles. The Morgan fingerprint density at radius 3 is 2.73 bits per heavy atom. The average Bonchev–Trinajstić information content (AvgIpc) is 1.99. The molecule has 11 heavy (non-hydrogen) atoms. The quantitative estimate of drug-likeness (QED) is 0.679. The van der Waals surface area contributed by atoms with Gasteiger partial charge >= 0.3 is 5.97 Å². The van der Waals surface area contributed by atoms with Crippen LogP contribution in [0.3, 0.4) is 0 Å². The molecule has 0 aliphatic heterocycles. The fraction of sp³-hybridized carbons (Fsp3) is 0.571. The Balaban J connectivity index is 3.62. The fourth-order valence-corrected chi connectivity index (χ4v) is 0.517. The molecule has 0 rings (SSSR count). The van der Waals surface area contributed by atoms with Gasteiger partial charge in [-0.3, -0.25) is 4.79 Å². The van der Waals surface area contributed by atoms with Crippen LogP contribution in [0.25, 0.3) is 0 Å². The molecule has 4 heteroatoms. The van der Waals surface area contributed by atoms with Crippen molar-refractivity contribution in [1.82, 2.24) is 5.32 Å². The van der Waals surface area contributed by atoms with Crippen molar-refractivity contribution >= 4 is 17.6 Å². The molecular formula is C7H12ClNO2. The van der Waals surface area contributed by atoms with Gasteiger partial charge in [-0.05, 0) is 19.4 Å². The second-order valence-corrected chi connectivity index (χ2v) is 2.61. The van der Waals surface area contributed by atoms with Gasteiger partial charge in [0.2, 0.25) is 0 Å². The lowest BCUT2D eigenvalue weighted by atomic mass is 10.3. The first-order chi connectivity index (χ1) is 5.07. The lowest BCUT2D eigenvalue weighted by Gasteiger charge is -2.07. The second-order valence-electron chi connectivity index (χ2n) is 2.40. The highest BCUT2D eigenvalue weighted by Crippen LogP contribution is 1.93. The van der Waals surface area contributed by atoms with Gasteiger partial charge in [0.15, 0.2) is 0 Å². The van der Waals surface area contributed by atoms with Crippen LogP contribution in [0.2, 0.25) is 0 Å². The van der Waals surface area contributed by atoms with Gasteiger partial charge < -0.3 is 10.4 Å². The Kier molecular flexibility index (Phi) is 4.90. The predicted molar refractivity (Wildman–Crippen MR) is 44.7 cm³/mol. The molecule has 0 bridgehead atoms. The summed E-state index contributed by atoms with van der Waals surface area (Å²) in [6, 6.07) is -0.526. The van der Waals surface area contributed by atoms with Crippen LogP contribution in [0.5, 0.6) is 0 Å². The van der Waals surface area contributed by atoms with Crippen molar-refractivity contribution in [2.24, 2.45) is 0 Å². The Morgan fingerprint density at radius 2 is 2.36 bits per heavy atom. The summed E-state index contributed by atoms with van der Waals surface area (Å²) in [5.74, 6) is -0.854. The molecule has 1 atom stereocenters. The SMILES string of the molecule is CC(=CCl)CN[C@H](C)C(=O)O. The maximum atomic E-state index is 10.3. The van der Waals surface area contributed by atoms with E-state index >= 15 is 0 Å². The van der Waals surface area contributed by atoms with Crippen molar-refractivity contribution in [2.45, 2.75) is 19.9 Å². The topological polar surface area (TPSA) is 49.3 Å². The zero-order chi connectivity index (χ0) is 8.85. The Morgan fingerprint density at radius 1 is 1.82 bits per heavy atom. The molecule has 0 amide bonds. The van der Waals surface area contributed by atoms with Crippen molar-refractivity contribution < 1.29 is 9.90 Å². The van der Waals surface area contributed by atoms with Gasteiger partial charge in [0.05, 0.1) is 0 Å². The molecule has 0 aromatic carbocycles. The number of halogens is 1. The molecule has 3 nitrogen and oxygen atoms in total. The maximum Gasteiger partial charge on any atom is 0.320 e. The first kappa shape index (κ1) is 10.5. The number of aliphatic carboxylic acids is 1. The molecule has 0 spiro atoms. The van der Waals surface area contributed by atoms with Gasteiger partial charge in [0, 0.05) is 12.1 Å². The van der Waals surface area contributed by atoms with Crippen LogP contribution in [0, 0.1) is 0 Å². The van der Waals surface area contributed by atoms with Crippen molar-refractivity contribution in [2.75, 3.05) is 6.54 Å². The standard InChI is InChI=1S/C7H12ClNO2/c1-5(3-8)4-9-6(2)7(10)11/h3,6,9H,4H2,1-2H3,(H,10,11)/t6-/m1/s1. The van der Waals surface area contributed by atoms with Gasteiger partial charge in [0.1, 0.15) is 6.04 Å². The monoisotopic (exact) mass is 177 g/mol. The van der Waals surface area contributed by atoms with E-state index in [1.165, 1.54) is 5.54 Å². The third-order valence-corrected chi connectivity index (χ3v) is 1.62. The minimum Gasteiger partial charge on any atom is -0.480 e. The largest absolute Gasteiger partial charge is 0.480 e. The van der Waals surface area contributed by atoms with Gasteiger partial charge in [-0.25, -0.2) is 0 Å². The van der Waals surface area contributed by atoms with Crippen molar-refractivity contribution in [3.8, 4) is 0 Å². The van der Waals surface area contributed by atoms with Crippen molar-refractivity contribution in [3.63, 3.8) is 0 Å². The Bertz CT molecular complexity index is 168. The summed E-state index contributed by atoms with van der Waals surface area (Å²) in [6.07, 6.45) is 0. The fourth-order valence-electron chi connectivity index (χ4n) is 0.440. The van der Waals surface area contributed by atoms with Crippen molar-refractivity contribution in [1.29, 1.82) is 0 Å². The Labute approximate surface area is 71.0 Å². The second kappa shape index (κ2) is 5.16. The molecule has 0 saturated carbocycles. The first-order valence-corrected chi connectivity index (χ1v) is 3.73. The first-order valence-electron chi connectivity index (χ1n) is 3.30. The molecule has 0 radical (unpaired) electrons. The summed E-state index contributed by atoms with van der Waals surface area (Å²) in [5, 5.41) is 11.2. The minimum absolute atomic E-state index is 0.511. The van der Waals surface area contributed by atoms with Gasteiger partial charge in [-0.15, -0.1) is 0 Å². The van der Waals surface area contributed by atoms with Crippen LogP contribution >= 0.6 is 11.6 Å². The van der Waals surface area contributed by atoms with E-state index in [4.69, 9.17) is 16.7 Å². The van der Waals surface area contributed by atoms with E-state index in [1.807, 2.05) is 6.92 Å². The number of carboxylic acids is 1. The van der Waals surface area contributed by atoms with Crippen LogP contribution in [-0.4, -0.2) is 23.7 Å². The highest BCUT2D eigenvalue weighted by molar-refractivity contribution is 6.25. The van der Waals surface area contributed by atoms with Gasteiger partial charge in [-0.1, -0.05) is 11.6 Å². The number of carbonyl (C=O) groups is 1. The van der Waals surface area contributed by atoms with Crippen LogP contribution < -0.4 is 5.32 Å². The summed E-state index contributed by atoms with van der Waals surface area (Å²) in [6.45, 7) is 3.93. The Hall–Kier alpha value is -0.540. The summed E-state index contributed by atoms with van der Waals surface area (Å²) >= 11 is 5.37. The summed E-state index contributed by atoms with van der Waals surface area (Å²) in [4.78, 5) is 10.3. The normalized spacial score (nSPS) is 14.6. The number of nitrogens with one attached hydrogen (secondary N) is 1. The third kappa shape index (κ3) is 4.81. The summed E-state index contributed by atoms with van der Waals surface area (Å²) in [7, 11) is 0. The molecule has 0 aliphatic rings. The zero-order valence-corrected chi connectivity index (χ0v) is 7.35. The van der Waals surface area contributed by atoms with E-state index < -0.39 is 12.0 Å². The highest BCUT2D eigenvalue weighted by Gasteiger charge is 2.08. The lowest BCUT2D eigenvalue weighted by Crippen LogP contribution is -2.34. The molecule has 0 fully saturated rings. The molecule has 64 valence electrons. The van der Waals surface area contributed by atoms with E-state index in [9.17, 15) is 4.79 Å². The molecular weight excluding hydrogens is 166 g/mol. The van der Waals surface area contributed by atoms with E-state index in [0.717, 1.165) is 5.57 Å². The van der Waals surface area contributed by atoms with Crippen LogP contribution in [0.1, 0.15) is 13.8 Å².